The molecular weight excluding hydrogens is 354 g/mol. The molecule has 0 fully saturated rings. The molecule has 0 atom stereocenters. The van der Waals surface area contributed by atoms with Gasteiger partial charge in [-0.2, -0.15) is 0 Å². The van der Waals surface area contributed by atoms with Crippen LogP contribution in [0, 0.1) is 5.92 Å². The first-order chi connectivity index (χ1) is 13.5. The molecule has 3 N–H and O–H groups in total. The van der Waals surface area contributed by atoms with Crippen LogP contribution in [-0.4, -0.2) is 31.5 Å². The molecule has 0 spiro atoms. The Morgan fingerprint density at radius 3 is 2.21 bits per heavy atom. The fourth-order valence-corrected chi connectivity index (χ4v) is 2.36. The number of nitrogens with one attached hydrogen (secondary N) is 3. The third kappa shape index (κ3) is 7.31. The molecule has 0 radical (unpaired) electrons. The predicted molar refractivity (Wildman–Crippen MR) is 113 cm³/mol. The SMILES string of the molecule is CCCNC(=O)c1ccc(NCC(=O)Nc2ccc(OCC(C)C)cc2)cc1. The Balaban J connectivity index is 1.78. The summed E-state index contributed by atoms with van der Waals surface area (Å²) in [5.74, 6) is 1.01. The average molecular weight is 383 g/mol. The van der Waals surface area contributed by atoms with Crippen LogP contribution in [0.2, 0.25) is 0 Å². The van der Waals surface area contributed by atoms with E-state index in [4.69, 9.17) is 4.74 Å². The lowest BCUT2D eigenvalue weighted by Gasteiger charge is -2.11. The number of amides is 2. The minimum atomic E-state index is -0.152. The van der Waals surface area contributed by atoms with Crippen molar-refractivity contribution >= 4 is 23.2 Å². The van der Waals surface area contributed by atoms with E-state index in [-0.39, 0.29) is 18.4 Å². The molecule has 2 aromatic rings. The molecule has 2 rings (SSSR count). The Bertz CT molecular complexity index is 756. The molecule has 0 unspecified atom stereocenters. The van der Waals surface area contributed by atoms with Gasteiger partial charge in [-0.1, -0.05) is 20.8 Å². The van der Waals surface area contributed by atoms with Gasteiger partial charge in [-0.05, 0) is 60.9 Å². The number of ether oxygens (including phenoxy) is 1. The van der Waals surface area contributed by atoms with E-state index >= 15 is 0 Å². The van der Waals surface area contributed by atoms with Gasteiger partial charge in [0.05, 0.1) is 13.2 Å². The van der Waals surface area contributed by atoms with E-state index < -0.39 is 0 Å². The van der Waals surface area contributed by atoms with Crippen LogP contribution in [0.1, 0.15) is 37.6 Å². The zero-order chi connectivity index (χ0) is 20.4. The topological polar surface area (TPSA) is 79.5 Å². The summed E-state index contributed by atoms with van der Waals surface area (Å²) in [5.41, 5.74) is 2.09. The molecule has 0 saturated heterocycles. The number of rotatable bonds is 10. The van der Waals surface area contributed by atoms with Crippen LogP contribution in [0.3, 0.4) is 0 Å². The maximum absolute atomic E-state index is 12.1. The normalized spacial score (nSPS) is 10.4. The van der Waals surface area contributed by atoms with Gasteiger partial charge < -0.3 is 20.7 Å². The van der Waals surface area contributed by atoms with Gasteiger partial charge in [0, 0.05) is 23.5 Å². The molecule has 6 nitrogen and oxygen atoms in total. The lowest BCUT2D eigenvalue weighted by atomic mass is 10.2. The lowest BCUT2D eigenvalue weighted by Crippen LogP contribution is -2.24. The summed E-state index contributed by atoms with van der Waals surface area (Å²) >= 11 is 0. The molecule has 0 heterocycles. The van der Waals surface area contributed by atoms with Gasteiger partial charge in [0.1, 0.15) is 5.75 Å². The molecule has 2 aromatic carbocycles. The first kappa shape index (κ1) is 21.3. The van der Waals surface area contributed by atoms with Gasteiger partial charge in [0.25, 0.3) is 5.91 Å². The minimum Gasteiger partial charge on any atom is -0.493 e. The minimum absolute atomic E-state index is 0.0908. The first-order valence-electron chi connectivity index (χ1n) is 9.62. The second kappa shape index (κ2) is 11.0. The van der Waals surface area contributed by atoms with Crippen LogP contribution in [0.4, 0.5) is 11.4 Å². The van der Waals surface area contributed by atoms with Crippen LogP contribution < -0.4 is 20.7 Å². The zero-order valence-electron chi connectivity index (χ0n) is 16.7. The molecule has 2 amide bonds. The summed E-state index contributed by atoms with van der Waals surface area (Å²) in [7, 11) is 0. The molecule has 0 aliphatic heterocycles. The van der Waals surface area contributed by atoms with E-state index in [1.807, 2.05) is 31.2 Å². The fraction of sp³-hybridized carbons (Fsp3) is 0.364. The van der Waals surface area contributed by atoms with Crippen molar-refractivity contribution in [3.8, 4) is 5.75 Å². The van der Waals surface area contributed by atoms with Crippen LogP contribution in [-0.2, 0) is 4.79 Å². The number of carbonyl (C=O) groups is 2. The van der Waals surface area contributed by atoms with Gasteiger partial charge in [0.15, 0.2) is 0 Å². The first-order valence-corrected chi connectivity index (χ1v) is 9.62. The molecule has 0 aliphatic rings. The van der Waals surface area contributed by atoms with Crippen molar-refractivity contribution in [3.05, 3.63) is 54.1 Å². The highest BCUT2D eigenvalue weighted by molar-refractivity contribution is 5.95. The third-order valence-electron chi connectivity index (χ3n) is 3.86. The smallest absolute Gasteiger partial charge is 0.251 e. The molecule has 0 bridgehead atoms. The summed E-state index contributed by atoms with van der Waals surface area (Å²) in [6, 6.07) is 14.4. The molecule has 28 heavy (non-hydrogen) atoms. The van der Waals surface area contributed by atoms with Crippen molar-refractivity contribution in [3.63, 3.8) is 0 Å². The largest absolute Gasteiger partial charge is 0.493 e. The summed E-state index contributed by atoms with van der Waals surface area (Å²) < 4.78 is 5.63. The monoisotopic (exact) mass is 383 g/mol. The van der Waals surface area contributed by atoms with Crippen LogP contribution in [0.15, 0.2) is 48.5 Å². The van der Waals surface area contributed by atoms with E-state index in [0.717, 1.165) is 17.9 Å². The van der Waals surface area contributed by atoms with Gasteiger partial charge >= 0.3 is 0 Å². The van der Waals surface area contributed by atoms with Crippen LogP contribution in [0.5, 0.6) is 5.75 Å². The van der Waals surface area contributed by atoms with E-state index in [9.17, 15) is 9.59 Å². The highest BCUT2D eigenvalue weighted by Gasteiger charge is 2.06. The second-order valence-electron chi connectivity index (χ2n) is 6.96. The Morgan fingerprint density at radius 1 is 0.964 bits per heavy atom. The van der Waals surface area contributed by atoms with Crippen molar-refractivity contribution in [2.24, 2.45) is 5.92 Å². The van der Waals surface area contributed by atoms with Gasteiger partial charge in [-0.25, -0.2) is 0 Å². The number of benzene rings is 2. The fourth-order valence-electron chi connectivity index (χ4n) is 2.36. The Morgan fingerprint density at radius 2 is 1.61 bits per heavy atom. The summed E-state index contributed by atoms with van der Waals surface area (Å²) in [4.78, 5) is 24.0. The van der Waals surface area contributed by atoms with E-state index in [2.05, 4.69) is 29.8 Å². The second-order valence-corrected chi connectivity index (χ2v) is 6.96. The molecule has 0 aromatic heterocycles. The summed E-state index contributed by atoms with van der Waals surface area (Å²) in [5, 5.41) is 8.72. The number of hydrogen-bond acceptors (Lipinski definition) is 4. The van der Waals surface area contributed by atoms with E-state index in [1.54, 1.807) is 24.3 Å². The number of carbonyl (C=O) groups excluding carboxylic acids is 2. The molecule has 6 heteroatoms. The third-order valence-corrected chi connectivity index (χ3v) is 3.86. The van der Waals surface area contributed by atoms with Gasteiger partial charge in [-0.3, -0.25) is 9.59 Å². The highest BCUT2D eigenvalue weighted by atomic mass is 16.5. The zero-order valence-corrected chi connectivity index (χ0v) is 16.7. The number of anilines is 2. The molecule has 150 valence electrons. The summed E-state index contributed by atoms with van der Waals surface area (Å²) in [6.45, 7) is 7.64. The Hall–Kier alpha value is -3.02. The van der Waals surface area contributed by atoms with Crippen molar-refractivity contribution < 1.29 is 14.3 Å². The number of hydrogen-bond donors (Lipinski definition) is 3. The highest BCUT2D eigenvalue weighted by Crippen LogP contribution is 2.16. The van der Waals surface area contributed by atoms with Crippen LogP contribution >= 0.6 is 0 Å². The quantitative estimate of drug-likeness (QED) is 0.581. The van der Waals surface area contributed by atoms with Gasteiger partial charge in [0.2, 0.25) is 5.91 Å². The van der Waals surface area contributed by atoms with Crippen molar-refractivity contribution in [1.82, 2.24) is 5.32 Å². The average Bonchev–Trinajstić information content (AvgIpc) is 2.70. The van der Waals surface area contributed by atoms with Crippen molar-refractivity contribution in [2.45, 2.75) is 27.2 Å². The molecule has 0 saturated carbocycles. The molecular formula is C22H29N3O3. The standard InChI is InChI=1S/C22H29N3O3/c1-4-13-23-22(27)17-5-7-18(8-6-17)24-14-21(26)25-19-9-11-20(12-10-19)28-15-16(2)3/h5-12,16,24H,4,13-15H2,1-3H3,(H,23,27)(H,25,26). The summed E-state index contributed by atoms with van der Waals surface area (Å²) in [6.07, 6.45) is 0.897. The predicted octanol–water partition coefficient (Wildman–Crippen LogP) is 3.91. The Labute approximate surface area is 166 Å². The van der Waals surface area contributed by atoms with Crippen molar-refractivity contribution in [2.75, 3.05) is 30.3 Å². The maximum atomic E-state index is 12.1. The maximum Gasteiger partial charge on any atom is 0.251 e. The van der Waals surface area contributed by atoms with Gasteiger partial charge in [-0.15, -0.1) is 0 Å². The van der Waals surface area contributed by atoms with Crippen LogP contribution in [0.25, 0.3) is 0 Å². The van der Waals surface area contributed by atoms with Crippen molar-refractivity contribution in [1.29, 1.82) is 0 Å². The molecule has 0 aliphatic carbocycles. The lowest BCUT2D eigenvalue weighted by molar-refractivity contribution is -0.114. The van der Waals surface area contributed by atoms with E-state index in [1.165, 1.54) is 0 Å². The Kier molecular flexibility index (Phi) is 8.34. The van der Waals surface area contributed by atoms with E-state index in [0.29, 0.717) is 30.3 Å².